The maximum absolute atomic E-state index is 11.8. The van der Waals surface area contributed by atoms with Gasteiger partial charge in [0.2, 0.25) is 11.0 Å². The summed E-state index contributed by atoms with van der Waals surface area (Å²) in [5.41, 5.74) is 2.08. The highest BCUT2D eigenvalue weighted by molar-refractivity contribution is 8.01. The summed E-state index contributed by atoms with van der Waals surface area (Å²) >= 11 is 2.60. The standard InChI is InChI=1S/C16H21N5O2S2/c1-4-11(3)17-14(23)19-13(22)9-24-16-21-20-15(25-16)18-12-8-6-5-7-10(12)2/h5-8,11H,4,9H2,1-3H3,(H,18,20)(H2,17,19,22,23)/t11-/m1/s1. The summed E-state index contributed by atoms with van der Waals surface area (Å²) in [6.45, 7) is 5.84. The third-order valence-electron chi connectivity index (χ3n) is 3.36. The van der Waals surface area contributed by atoms with Gasteiger partial charge in [-0.1, -0.05) is 48.2 Å². The molecule has 0 saturated carbocycles. The fourth-order valence-corrected chi connectivity index (χ4v) is 3.36. The Hall–Kier alpha value is -2.13. The first-order chi connectivity index (χ1) is 12.0. The molecule has 0 radical (unpaired) electrons. The van der Waals surface area contributed by atoms with Gasteiger partial charge in [-0.2, -0.15) is 0 Å². The molecule has 134 valence electrons. The number of hydrogen-bond acceptors (Lipinski definition) is 7. The van der Waals surface area contributed by atoms with E-state index >= 15 is 0 Å². The zero-order valence-corrected chi connectivity index (χ0v) is 16.0. The first kappa shape index (κ1) is 19.2. The molecule has 7 nitrogen and oxygen atoms in total. The SMILES string of the molecule is CC[C@@H](C)NC(=O)NC(=O)CSc1nnc(Nc2ccccc2C)s1. The van der Waals surface area contributed by atoms with Gasteiger partial charge in [0.25, 0.3) is 0 Å². The third kappa shape index (κ3) is 6.35. The number of thioether (sulfide) groups is 1. The lowest BCUT2D eigenvalue weighted by atomic mass is 10.2. The molecular weight excluding hydrogens is 358 g/mol. The number of aryl methyl sites for hydroxylation is 1. The third-order valence-corrected chi connectivity index (χ3v) is 5.33. The van der Waals surface area contributed by atoms with E-state index < -0.39 is 6.03 Å². The van der Waals surface area contributed by atoms with E-state index in [1.807, 2.05) is 45.0 Å². The Morgan fingerprint density at radius 3 is 2.76 bits per heavy atom. The van der Waals surface area contributed by atoms with Crippen molar-refractivity contribution in [1.29, 1.82) is 0 Å². The van der Waals surface area contributed by atoms with Crippen LogP contribution in [0, 0.1) is 6.92 Å². The number of urea groups is 1. The number of nitrogens with one attached hydrogen (secondary N) is 3. The number of hydrogen-bond donors (Lipinski definition) is 3. The molecule has 1 heterocycles. The Balaban J connectivity index is 1.80. The summed E-state index contributed by atoms with van der Waals surface area (Å²) in [6.07, 6.45) is 0.803. The minimum absolute atomic E-state index is 0.0266. The van der Waals surface area contributed by atoms with E-state index in [-0.39, 0.29) is 17.7 Å². The molecule has 0 aliphatic rings. The molecule has 0 aliphatic heterocycles. The minimum Gasteiger partial charge on any atom is -0.335 e. The fraction of sp³-hybridized carbons (Fsp3) is 0.375. The molecule has 0 fully saturated rings. The molecule has 1 atom stereocenters. The maximum atomic E-state index is 11.8. The predicted molar refractivity (Wildman–Crippen MR) is 102 cm³/mol. The second kappa shape index (κ2) is 9.38. The van der Waals surface area contributed by atoms with Gasteiger partial charge in [-0.25, -0.2) is 4.79 Å². The van der Waals surface area contributed by atoms with Gasteiger partial charge < -0.3 is 10.6 Å². The van der Waals surface area contributed by atoms with Crippen LogP contribution < -0.4 is 16.0 Å². The van der Waals surface area contributed by atoms with Gasteiger partial charge in [0, 0.05) is 11.7 Å². The number of para-hydroxylation sites is 1. The summed E-state index contributed by atoms with van der Waals surface area (Å²) in [4.78, 5) is 23.4. The number of aromatic nitrogens is 2. The maximum Gasteiger partial charge on any atom is 0.321 e. The molecular formula is C16H21N5O2S2. The largest absolute Gasteiger partial charge is 0.335 e. The van der Waals surface area contributed by atoms with Gasteiger partial charge in [-0.15, -0.1) is 10.2 Å². The first-order valence-electron chi connectivity index (χ1n) is 7.87. The summed E-state index contributed by atoms with van der Waals surface area (Å²) < 4.78 is 0.661. The smallest absolute Gasteiger partial charge is 0.321 e. The van der Waals surface area contributed by atoms with Crippen molar-refractivity contribution in [3.05, 3.63) is 29.8 Å². The van der Waals surface area contributed by atoms with Crippen LogP contribution in [0.25, 0.3) is 0 Å². The van der Waals surface area contributed by atoms with Gasteiger partial charge in [0.15, 0.2) is 4.34 Å². The van der Waals surface area contributed by atoms with E-state index in [0.717, 1.165) is 17.7 Å². The molecule has 0 spiro atoms. The van der Waals surface area contributed by atoms with Crippen LogP contribution in [-0.4, -0.2) is 33.9 Å². The quantitative estimate of drug-likeness (QED) is 0.639. The Kier molecular flexibility index (Phi) is 7.20. The number of rotatable bonds is 7. The van der Waals surface area contributed by atoms with E-state index in [2.05, 4.69) is 26.1 Å². The van der Waals surface area contributed by atoms with Crippen molar-refractivity contribution in [1.82, 2.24) is 20.8 Å². The molecule has 0 saturated heterocycles. The highest BCUT2D eigenvalue weighted by Crippen LogP contribution is 2.28. The minimum atomic E-state index is -0.473. The lowest BCUT2D eigenvalue weighted by Gasteiger charge is -2.11. The van der Waals surface area contributed by atoms with Crippen LogP contribution in [0.1, 0.15) is 25.8 Å². The van der Waals surface area contributed by atoms with Crippen molar-refractivity contribution in [3.8, 4) is 0 Å². The second-order valence-corrected chi connectivity index (χ2v) is 7.63. The van der Waals surface area contributed by atoms with Gasteiger partial charge in [-0.3, -0.25) is 10.1 Å². The van der Waals surface area contributed by atoms with Crippen LogP contribution in [0.2, 0.25) is 0 Å². The van der Waals surface area contributed by atoms with E-state index in [9.17, 15) is 9.59 Å². The number of nitrogens with zero attached hydrogens (tertiary/aromatic N) is 2. The summed E-state index contributed by atoms with van der Waals surface area (Å²) in [6, 6.07) is 7.44. The molecule has 2 rings (SSSR count). The van der Waals surface area contributed by atoms with E-state index in [1.54, 1.807) is 0 Å². The van der Waals surface area contributed by atoms with Crippen LogP contribution in [0.5, 0.6) is 0 Å². The normalized spacial score (nSPS) is 11.6. The molecule has 3 N–H and O–H groups in total. The first-order valence-corrected chi connectivity index (χ1v) is 9.67. The molecule has 0 aliphatic carbocycles. The molecule has 25 heavy (non-hydrogen) atoms. The molecule has 0 unspecified atom stereocenters. The molecule has 9 heteroatoms. The molecule has 1 aromatic heterocycles. The number of carbonyl (C=O) groups excluding carboxylic acids is 2. The predicted octanol–water partition coefficient (Wildman–Crippen LogP) is 3.31. The zero-order chi connectivity index (χ0) is 18.2. The van der Waals surface area contributed by atoms with Crippen molar-refractivity contribution >= 4 is 45.9 Å². The van der Waals surface area contributed by atoms with Gasteiger partial charge >= 0.3 is 6.03 Å². The van der Waals surface area contributed by atoms with Gasteiger partial charge in [0.1, 0.15) is 0 Å². The lowest BCUT2D eigenvalue weighted by molar-refractivity contribution is -0.117. The average molecular weight is 380 g/mol. The summed E-state index contributed by atoms with van der Waals surface area (Å²) in [5.74, 6) is -0.262. The Bertz CT molecular complexity index is 735. The van der Waals surface area contributed by atoms with Crippen LogP contribution in [-0.2, 0) is 4.79 Å². The van der Waals surface area contributed by atoms with Crippen molar-refractivity contribution in [2.45, 2.75) is 37.6 Å². The summed E-state index contributed by atoms with van der Waals surface area (Å²) in [7, 11) is 0. The topological polar surface area (TPSA) is 96.0 Å². The van der Waals surface area contributed by atoms with Crippen LogP contribution >= 0.6 is 23.1 Å². The lowest BCUT2D eigenvalue weighted by Crippen LogP contribution is -2.43. The molecule has 0 bridgehead atoms. The number of imide groups is 1. The van der Waals surface area contributed by atoms with Gasteiger partial charge in [-0.05, 0) is 31.9 Å². The van der Waals surface area contributed by atoms with Crippen LogP contribution in [0.15, 0.2) is 28.6 Å². The number of carbonyl (C=O) groups is 2. The fourth-order valence-electron chi connectivity index (χ4n) is 1.80. The Morgan fingerprint density at radius 1 is 1.28 bits per heavy atom. The van der Waals surface area contributed by atoms with Crippen molar-refractivity contribution in [3.63, 3.8) is 0 Å². The highest BCUT2D eigenvalue weighted by atomic mass is 32.2. The van der Waals surface area contributed by atoms with Gasteiger partial charge in [0.05, 0.1) is 5.75 Å². The Morgan fingerprint density at radius 2 is 2.04 bits per heavy atom. The molecule has 1 aromatic carbocycles. The number of amides is 3. The van der Waals surface area contributed by atoms with Crippen molar-refractivity contribution in [2.24, 2.45) is 0 Å². The highest BCUT2D eigenvalue weighted by Gasteiger charge is 2.12. The van der Waals surface area contributed by atoms with Crippen molar-refractivity contribution in [2.75, 3.05) is 11.1 Å². The number of benzene rings is 1. The Labute approximate surface area is 155 Å². The average Bonchev–Trinajstić information content (AvgIpc) is 3.02. The van der Waals surface area contributed by atoms with E-state index in [4.69, 9.17) is 0 Å². The second-order valence-electron chi connectivity index (χ2n) is 5.43. The van der Waals surface area contributed by atoms with E-state index in [0.29, 0.717) is 9.47 Å². The molecule has 3 amide bonds. The monoisotopic (exact) mass is 379 g/mol. The van der Waals surface area contributed by atoms with Crippen LogP contribution in [0.4, 0.5) is 15.6 Å². The number of anilines is 2. The van der Waals surface area contributed by atoms with E-state index in [1.165, 1.54) is 23.1 Å². The van der Waals surface area contributed by atoms with Crippen molar-refractivity contribution < 1.29 is 9.59 Å². The van der Waals surface area contributed by atoms with Crippen LogP contribution in [0.3, 0.4) is 0 Å². The summed E-state index contributed by atoms with van der Waals surface area (Å²) in [5, 5.41) is 17.0. The zero-order valence-electron chi connectivity index (χ0n) is 14.3. The molecule has 2 aromatic rings.